The van der Waals surface area contributed by atoms with E-state index in [4.69, 9.17) is 4.74 Å². The standard InChI is InChI=1S/C14H28N4O/c1-6-14(7-2,19-9-4)13(15-8-3)10-12-11-18(5)17-16-12/h11,13,15H,6-10H2,1-5H3. The molecular formula is C14H28N4O. The smallest absolute Gasteiger partial charge is 0.0843 e. The van der Waals surface area contributed by atoms with E-state index in [-0.39, 0.29) is 11.6 Å². The van der Waals surface area contributed by atoms with E-state index in [2.05, 4.69) is 43.3 Å². The van der Waals surface area contributed by atoms with Gasteiger partial charge in [-0.25, -0.2) is 0 Å². The van der Waals surface area contributed by atoms with Crippen molar-refractivity contribution in [2.45, 2.75) is 58.6 Å². The van der Waals surface area contributed by atoms with Crippen molar-refractivity contribution in [3.8, 4) is 0 Å². The number of hydrogen-bond acceptors (Lipinski definition) is 4. The molecule has 1 unspecified atom stereocenters. The number of ether oxygens (including phenoxy) is 1. The molecule has 1 atom stereocenters. The molecule has 1 aromatic heterocycles. The van der Waals surface area contributed by atoms with Crippen LogP contribution < -0.4 is 5.32 Å². The van der Waals surface area contributed by atoms with Crippen LogP contribution in [0.2, 0.25) is 0 Å². The first-order chi connectivity index (χ1) is 9.11. The Morgan fingerprint density at radius 2 is 2.00 bits per heavy atom. The third-order valence-electron chi connectivity index (χ3n) is 3.78. The molecule has 0 fully saturated rings. The molecule has 0 saturated heterocycles. The summed E-state index contributed by atoms with van der Waals surface area (Å²) in [4.78, 5) is 0. The Morgan fingerprint density at radius 3 is 2.42 bits per heavy atom. The van der Waals surface area contributed by atoms with E-state index in [9.17, 15) is 0 Å². The van der Waals surface area contributed by atoms with Crippen molar-refractivity contribution in [1.82, 2.24) is 20.3 Å². The van der Waals surface area contributed by atoms with Crippen molar-refractivity contribution >= 4 is 0 Å². The molecule has 5 nitrogen and oxygen atoms in total. The van der Waals surface area contributed by atoms with Gasteiger partial charge in [0, 0.05) is 32.3 Å². The number of aryl methyl sites for hydroxylation is 1. The van der Waals surface area contributed by atoms with Gasteiger partial charge in [0.2, 0.25) is 0 Å². The van der Waals surface area contributed by atoms with Crippen LogP contribution in [0.5, 0.6) is 0 Å². The minimum atomic E-state index is -0.123. The second-order valence-corrected chi connectivity index (χ2v) is 4.90. The van der Waals surface area contributed by atoms with Crippen LogP contribution in [0.15, 0.2) is 6.20 Å². The molecule has 0 amide bonds. The molecule has 0 spiro atoms. The molecule has 19 heavy (non-hydrogen) atoms. The van der Waals surface area contributed by atoms with Gasteiger partial charge in [0.1, 0.15) is 0 Å². The molecule has 0 aliphatic rings. The molecule has 1 N–H and O–H groups in total. The first kappa shape index (κ1) is 16.1. The van der Waals surface area contributed by atoms with Gasteiger partial charge in [-0.2, -0.15) is 0 Å². The lowest BCUT2D eigenvalue weighted by Gasteiger charge is -2.39. The van der Waals surface area contributed by atoms with Gasteiger partial charge < -0.3 is 10.1 Å². The van der Waals surface area contributed by atoms with Crippen molar-refractivity contribution < 1.29 is 4.74 Å². The van der Waals surface area contributed by atoms with Crippen molar-refractivity contribution in [2.75, 3.05) is 13.2 Å². The fourth-order valence-electron chi connectivity index (χ4n) is 2.72. The minimum Gasteiger partial charge on any atom is -0.374 e. The van der Waals surface area contributed by atoms with Gasteiger partial charge in [0.15, 0.2) is 0 Å². The van der Waals surface area contributed by atoms with E-state index >= 15 is 0 Å². The molecule has 1 rings (SSSR count). The highest BCUT2D eigenvalue weighted by molar-refractivity contribution is 5.02. The van der Waals surface area contributed by atoms with Crippen molar-refractivity contribution in [1.29, 1.82) is 0 Å². The number of hydrogen-bond donors (Lipinski definition) is 1. The van der Waals surface area contributed by atoms with Gasteiger partial charge in [-0.05, 0) is 26.3 Å². The monoisotopic (exact) mass is 268 g/mol. The summed E-state index contributed by atoms with van der Waals surface area (Å²) in [5.74, 6) is 0. The van der Waals surface area contributed by atoms with Gasteiger partial charge in [-0.15, -0.1) is 5.10 Å². The number of nitrogens with zero attached hydrogens (tertiary/aromatic N) is 3. The Hall–Kier alpha value is -0.940. The maximum absolute atomic E-state index is 6.10. The predicted octanol–water partition coefficient (Wildman–Crippen LogP) is 1.93. The normalized spacial score (nSPS) is 13.7. The molecule has 1 aromatic rings. The molecule has 5 heteroatoms. The molecule has 110 valence electrons. The summed E-state index contributed by atoms with van der Waals surface area (Å²) in [5, 5.41) is 11.8. The molecule has 0 bridgehead atoms. The second-order valence-electron chi connectivity index (χ2n) is 4.90. The zero-order chi connectivity index (χ0) is 14.3. The van der Waals surface area contributed by atoms with E-state index in [0.29, 0.717) is 0 Å². The maximum Gasteiger partial charge on any atom is 0.0843 e. The average Bonchev–Trinajstić information content (AvgIpc) is 2.81. The third kappa shape index (κ3) is 4.01. The molecule has 0 aromatic carbocycles. The molecular weight excluding hydrogens is 240 g/mol. The first-order valence-electron chi connectivity index (χ1n) is 7.34. The number of likely N-dealkylation sites (N-methyl/N-ethyl adjacent to an activating group) is 1. The van der Waals surface area contributed by atoms with Gasteiger partial charge in [-0.3, -0.25) is 4.68 Å². The number of aromatic nitrogens is 3. The fraction of sp³-hybridized carbons (Fsp3) is 0.857. The summed E-state index contributed by atoms with van der Waals surface area (Å²) < 4.78 is 7.85. The minimum absolute atomic E-state index is 0.123. The van der Waals surface area contributed by atoms with Crippen LogP contribution >= 0.6 is 0 Å². The highest BCUT2D eigenvalue weighted by atomic mass is 16.5. The van der Waals surface area contributed by atoms with Crippen LogP contribution in [0.4, 0.5) is 0 Å². The summed E-state index contributed by atoms with van der Waals surface area (Å²) in [5.41, 5.74) is 0.891. The van der Waals surface area contributed by atoms with Crippen LogP contribution in [-0.2, 0) is 18.2 Å². The second kappa shape index (κ2) is 7.60. The molecule has 1 heterocycles. The Labute approximate surface area is 116 Å². The van der Waals surface area contributed by atoms with Gasteiger partial charge in [0.05, 0.1) is 11.3 Å². The van der Waals surface area contributed by atoms with E-state index < -0.39 is 0 Å². The van der Waals surface area contributed by atoms with Gasteiger partial charge >= 0.3 is 0 Å². The van der Waals surface area contributed by atoms with Crippen LogP contribution in [0, 0.1) is 0 Å². The highest BCUT2D eigenvalue weighted by Crippen LogP contribution is 2.27. The van der Waals surface area contributed by atoms with Crippen LogP contribution in [0.1, 0.15) is 46.2 Å². The quantitative estimate of drug-likeness (QED) is 0.743. The zero-order valence-corrected chi connectivity index (χ0v) is 12.9. The summed E-state index contributed by atoms with van der Waals surface area (Å²) in [6, 6.07) is 0.268. The summed E-state index contributed by atoms with van der Waals surface area (Å²) in [7, 11) is 1.90. The van der Waals surface area contributed by atoms with E-state index in [1.807, 2.05) is 13.2 Å². The fourth-order valence-corrected chi connectivity index (χ4v) is 2.72. The Balaban J connectivity index is 2.89. The highest BCUT2D eigenvalue weighted by Gasteiger charge is 2.36. The molecule has 0 aliphatic heterocycles. The first-order valence-corrected chi connectivity index (χ1v) is 7.34. The Bertz CT molecular complexity index is 360. The predicted molar refractivity (Wildman–Crippen MR) is 77.1 cm³/mol. The Kier molecular flexibility index (Phi) is 6.45. The summed E-state index contributed by atoms with van der Waals surface area (Å²) in [6.45, 7) is 10.3. The maximum atomic E-state index is 6.10. The Morgan fingerprint density at radius 1 is 1.32 bits per heavy atom. The molecule has 0 radical (unpaired) electrons. The van der Waals surface area contributed by atoms with E-state index in [0.717, 1.165) is 38.1 Å². The summed E-state index contributed by atoms with van der Waals surface area (Å²) in [6.07, 6.45) is 4.82. The van der Waals surface area contributed by atoms with Gasteiger partial charge in [-0.1, -0.05) is 26.0 Å². The topological polar surface area (TPSA) is 52.0 Å². The molecule has 0 aliphatic carbocycles. The zero-order valence-electron chi connectivity index (χ0n) is 12.9. The van der Waals surface area contributed by atoms with Crippen LogP contribution in [0.25, 0.3) is 0 Å². The third-order valence-corrected chi connectivity index (χ3v) is 3.78. The number of nitrogens with one attached hydrogen (secondary N) is 1. The van der Waals surface area contributed by atoms with E-state index in [1.165, 1.54) is 0 Å². The lowest BCUT2D eigenvalue weighted by molar-refractivity contribution is -0.0717. The van der Waals surface area contributed by atoms with Crippen molar-refractivity contribution in [3.05, 3.63) is 11.9 Å². The van der Waals surface area contributed by atoms with Crippen molar-refractivity contribution in [2.24, 2.45) is 7.05 Å². The average molecular weight is 268 g/mol. The lowest BCUT2D eigenvalue weighted by Crippen LogP contribution is -2.53. The lowest BCUT2D eigenvalue weighted by atomic mass is 9.85. The van der Waals surface area contributed by atoms with E-state index in [1.54, 1.807) is 4.68 Å². The number of rotatable bonds is 9. The molecule has 0 saturated carbocycles. The summed E-state index contributed by atoms with van der Waals surface area (Å²) >= 11 is 0. The largest absolute Gasteiger partial charge is 0.374 e. The van der Waals surface area contributed by atoms with Crippen LogP contribution in [-0.4, -0.2) is 39.8 Å². The van der Waals surface area contributed by atoms with Crippen LogP contribution in [0.3, 0.4) is 0 Å². The van der Waals surface area contributed by atoms with Gasteiger partial charge in [0.25, 0.3) is 0 Å². The van der Waals surface area contributed by atoms with Crippen molar-refractivity contribution in [3.63, 3.8) is 0 Å². The SMILES string of the molecule is CCNC(Cc1cn(C)nn1)C(CC)(CC)OCC.